The highest BCUT2D eigenvalue weighted by atomic mass is 32.2. The summed E-state index contributed by atoms with van der Waals surface area (Å²) in [7, 11) is -1.53. The van der Waals surface area contributed by atoms with Crippen molar-refractivity contribution in [3.63, 3.8) is 0 Å². The Labute approximate surface area is 138 Å². The second kappa shape index (κ2) is 6.24. The minimum Gasteiger partial charge on any atom is -0.342 e. The largest absolute Gasteiger partial charge is 0.342 e. The average molecular weight is 336 g/mol. The molecule has 2 unspecified atom stereocenters. The molecule has 0 spiro atoms. The molecular formula is C17H24N2O3S. The Bertz CT molecular complexity index is 666. The van der Waals surface area contributed by atoms with Crippen LogP contribution < -0.4 is 0 Å². The lowest BCUT2D eigenvalue weighted by molar-refractivity contribution is -0.134. The molecule has 1 heterocycles. The van der Waals surface area contributed by atoms with Crippen LogP contribution in [-0.2, 0) is 14.8 Å². The van der Waals surface area contributed by atoms with Crippen molar-refractivity contribution < 1.29 is 13.2 Å². The molecule has 0 radical (unpaired) electrons. The van der Waals surface area contributed by atoms with Gasteiger partial charge in [-0.2, -0.15) is 0 Å². The van der Waals surface area contributed by atoms with Crippen molar-refractivity contribution in [3.8, 4) is 0 Å². The monoisotopic (exact) mass is 336 g/mol. The highest BCUT2D eigenvalue weighted by Gasteiger charge is 2.46. The number of benzene rings is 1. The molecule has 1 aliphatic carbocycles. The molecule has 1 aromatic rings. The van der Waals surface area contributed by atoms with E-state index in [2.05, 4.69) is 12.1 Å². The van der Waals surface area contributed by atoms with Gasteiger partial charge in [-0.05, 0) is 30.7 Å². The summed E-state index contributed by atoms with van der Waals surface area (Å²) in [5.41, 5.74) is 1.25. The third-order valence-electron chi connectivity index (χ3n) is 5.15. The number of carbonyl (C=O) groups is 1. The first-order valence-electron chi connectivity index (χ1n) is 8.14. The van der Waals surface area contributed by atoms with E-state index < -0.39 is 10.0 Å². The van der Waals surface area contributed by atoms with Crippen LogP contribution in [0.1, 0.15) is 30.7 Å². The molecule has 1 aromatic carbocycles. The Morgan fingerprint density at radius 1 is 1.17 bits per heavy atom. The van der Waals surface area contributed by atoms with Crippen LogP contribution in [0.4, 0.5) is 0 Å². The smallest absolute Gasteiger partial charge is 0.226 e. The molecule has 1 saturated heterocycles. The molecule has 0 aromatic heterocycles. The van der Waals surface area contributed by atoms with E-state index in [1.165, 1.54) is 16.1 Å². The number of hydrogen-bond donors (Lipinski definition) is 0. The van der Waals surface area contributed by atoms with Gasteiger partial charge < -0.3 is 4.90 Å². The van der Waals surface area contributed by atoms with E-state index in [0.29, 0.717) is 19.0 Å². The zero-order chi connectivity index (χ0) is 16.6. The summed E-state index contributed by atoms with van der Waals surface area (Å²) in [4.78, 5) is 14.5. The second-order valence-electron chi connectivity index (χ2n) is 6.70. The van der Waals surface area contributed by atoms with Gasteiger partial charge in [0.2, 0.25) is 15.9 Å². The van der Waals surface area contributed by atoms with Crippen LogP contribution in [0.5, 0.6) is 0 Å². The summed E-state index contributed by atoms with van der Waals surface area (Å²) in [5.74, 6) is 0.709. The fourth-order valence-corrected chi connectivity index (χ4v) is 4.24. The first-order chi connectivity index (χ1) is 10.9. The number of carbonyl (C=O) groups excluding carboxylic acids is 1. The highest BCUT2D eigenvalue weighted by Crippen LogP contribution is 2.48. The van der Waals surface area contributed by atoms with Gasteiger partial charge >= 0.3 is 0 Å². The Balaban J connectivity index is 1.54. The maximum absolute atomic E-state index is 12.6. The van der Waals surface area contributed by atoms with E-state index in [1.54, 1.807) is 7.05 Å². The van der Waals surface area contributed by atoms with Gasteiger partial charge in [0.1, 0.15) is 0 Å². The van der Waals surface area contributed by atoms with Gasteiger partial charge in [0.15, 0.2) is 0 Å². The summed E-state index contributed by atoms with van der Waals surface area (Å²) in [5, 5.41) is 0. The van der Waals surface area contributed by atoms with Crippen molar-refractivity contribution in [2.24, 2.45) is 5.92 Å². The maximum Gasteiger partial charge on any atom is 0.226 e. The minimum absolute atomic E-state index is 0.0122. The zero-order valence-electron chi connectivity index (χ0n) is 13.7. The van der Waals surface area contributed by atoms with E-state index in [0.717, 1.165) is 19.3 Å². The quantitative estimate of drug-likeness (QED) is 0.840. The Morgan fingerprint density at radius 2 is 1.78 bits per heavy atom. The Hall–Kier alpha value is -1.40. The molecule has 126 valence electrons. The number of nitrogens with zero attached hydrogens (tertiary/aromatic N) is 2. The first-order valence-corrected chi connectivity index (χ1v) is 9.99. The van der Waals surface area contributed by atoms with E-state index in [-0.39, 0.29) is 17.9 Å². The molecule has 2 atom stereocenters. The second-order valence-corrected chi connectivity index (χ2v) is 8.74. The molecule has 0 N–H and O–H groups in total. The van der Waals surface area contributed by atoms with E-state index in [9.17, 15) is 13.2 Å². The number of piperidine rings is 1. The predicted octanol–water partition coefficient (Wildman–Crippen LogP) is 1.67. The van der Waals surface area contributed by atoms with Crippen LogP contribution >= 0.6 is 0 Å². The first kappa shape index (κ1) is 16.5. The van der Waals surface area contributed by atoms with Crippen molar-refractivity contribution in [1.29, 1.82) is 0 Å². The lowest BCUT2D eigenvalue weighted by Crippen LogP contribution is -2.47. The molecule has 3 rings (SSSR count). The van der Waals surface area contributed by atoms with Crippen LogP contribution in [-0.4, -0.2) is 56.0 Å². The van der Waals surface area contributed by atoms with Gasteiger partial charge in [-0.1, -0.05) is 30.3 Å². The van der Waals surface area contributed by atoms with Crippen molar-refractivity contribution >= 4 is 15.9 Å². The normalized spacial score (nSPS) is 25.6. The van der Waals surface area contributed by atoms with Crippen molar-refractivity contribution in [1.82, 2.24) is 9.21 Å². The van der Waals surface area contributed by atoms with Gasteiger partial charge in [0, 0.05) is 32.1 Å². The van der Waals surface area contributed by atoms with Gasteiger partial charge in [0.25, 0.3) is 0 Å². The number of amides is 1. The van der Waals surface area contributed by atoms with Crippen LogP contribution in [0.2, 0.25) is 0 Å². The van der Waals surface area contributed by atoms with Crippen LogP contribution in [0.3, 0.4) is 0 Å². The average Bonchev–Trinajstić information content (AvgIpc) is 3.34. The molecule has 1 amide bonds. The summed E-state index contributed by atoms with van der Waals surface area (Å²) in [6.45, 7) is 1.31. The van der Waals surface area contributed by atoms with Crippen LogP contribution in [0.15, 0.2) is 30.3 Å². The fourth-order valence-electron chi connectivity index (χ4n) is 3.49. The molecule has 5 nitrogen and oxygen atoms in total. The topological polar surface area (TPSA) is 57.7 Å². The minimum atomic E-state index is -3.16. The Morgan fingerprint density at radius 3 is 2.35 bits per heavy atom. The highest BCUT2D eigenvalue weighted by molar-refractivity contribution is 7.88. The molecule has 2 aliphatic rings. The molecule has 1 aliphatic heterocycles. The van der Waals surface area contributed by atoms with Crippen molar-refractivity contribution in [3.05, 3.63) is 35.9 Å². The number of sulfonamides is 1. The van der Waals surface area contributed by atoms with Gasteiger partial charge in [0.05, 0.1) is 6.26 Å². The maximum atomic E-state index is 12.6. The lowest BCUT2D eigenvalue weighted by atomic mass is 10.0. The van der Waals surface area contributed by atoms with E-state index in [4.69, 9.17) is 0 Å². The van der Waals surface area contributed by atoms with Gasteiger partial charge in [-0.3, -0.25) is 4.79 Å². The lowest BCUT2D eigenvalue weighted by Gasteiger charge is -2.35. The van der Waals surface area contributed by atoms with Crippen LogP contribution in [0, 0.1) is 5.92 Å². The third-order valence-corrected chi connectivity index (χ3v) is 6.49. The van der Waals surface area contributed by atoms with E-state index >= 15 is 0 Å². The number of hydrogen-bond acceptors (Lipinski definition) is 3. The molecule has 2 fully saturated rings. The third kappa shape index (κ3) is 3.58. The fraction of sp³-hybridized carbons (Fsp3) is 0.588. The van der Waals surface area contributed by atoms with Crippen molar-refractivity contribution in [2.45, 2.75) is 31.2 Å². The zero-order valence-corrected chi connectivity index (χ0v) is 14.5. The summed E-state index contributed by atoms with van der Waals surface area (Å²) in [6, 6.07) is 10.2. The van der Waals surface area contributed by atoms with Gasteiger partial charge in [-0.15, -0.1) is 0 Å². The molecular weight excluding hydrogens is 312 g/mol. The summed E-state index contributed by atoms with van der Waals surface area (Å²) >= 11 is 0. The van der Waals surface area contributed by atoms with Crippen molar-refractivity contribution in [2.75, 3.05) is 26.4 Å². The van der Waals surface area contributed by atoms with Crippen LogP contribution in [0.25, 0.3) is 0 Å². The summed E-state index contributed by atoms with van der Waals surface area (Å²) in [6.07, 6.45) is 3.61. The SMILES string of the molecule is CN(C1CCN(C(=O)C2CC2c2ccccc2)CC1)S(C)(=O)=O. The predicted molar refractivity (Wildman–Crippen MR) is 89.5 cm³/mol. The summed E-state index contributed by atoms with van der Waals surface area (Å²) < 4.78 is 24.7. The number of likely N-dealkylation sites (tertiary alicyclic amines) is 1. The van der Waals surface area contributed by atoms with E-state index in [1.807, 2.05) is 23.1 Å². The molecule has 0 bridgehead atoms. The van der Waals surface area contributed by atoms with Gasteiger partial charge in [-0.25, -0.2) is 12.7 Å². The molecule has 1 saturated carbocycles. The Kier molecular flexibility index (Phi) is 4.47. The molecule has 6 heteroatoms. The number of rotatable bonds is 4. The standard InChI is InChI=1S/C17H24N2O3S/c1-18(23(2,21)22)14-8-10-19(11-9-14)17(20)16-12-15(16)13-6-4-3-5-7-13/h3-7,14-16H,8-12H2,1-2H3. The molecule has 23 heavy (non-hydrogen) atoms.